The zero-order valence-electron chi connectivity index (χ0n) is 15.6. The minimum absolute atomic E-state index is 0.0108. The van der Waals surface area contributed by atoms with E-state index >= 15 is 0 Å². The van der Waals surface area contributed by atoms with Gasteiger partial charge in [-0.1, -0.05) is 41.7 Å². The van der Waals surface area contributed by atoms with Gasteiger partial charge in [0.05, 0.1) is 21.4 Å². The van der Waals surface area contributed by atoms with Crippen molar-refractivity contribution in [1.29, 1.82) is 0 Å². The molecular weight excluding hydrogens is 423 g/mol. The maximum absolute atomic E-state index is 11.8. The molecule has 10 heteroatoms. The van der Waals surface area contributed by atoms with Crippen molar-refractivity contribution >= 4 is 57.9 Å². The van der Waals surface area contributed by atoms with Gasteiger partial charge in [0.1, 0.15) is 0 Å². The van der Waals surface area contributed by atoms with E-state index in [0.29, 0.717) is 27.8 Å². The van der Waals surface area contributed by atoms with Gasteiger partial charge in [-0.3, -0.25) is 4.79 Å². The van der Waals surface area contributed by atoms with Crippen LogP contribution in [0.15, 0.2) is 12.1 Å². The third-order valence-corrected chi connectivity index (χ3v) is 5.47. The van der Waals surface area contributed by atoms with E-state index in [1.807, 2.05) is 6.92 Å². The van der Waals surface area contributed by atoms with Crippen LogP contribution in [-0.2, 0) is 6.42 Å². The molecule has 0 bridgehead atoms. The third kappa shape index (κ3) is 4.43. The summed E-state index contributed by atoms with van der Waals surface area (Å²) in [5.41, 5.74) is 7.31. The molecule has 1 aromatic carbocycles. The van der Waals surface area contributed by atoms with E-state index < -0.39 is 5.91 Å². The van der Waals surface area contributed by atoms with Gasteiger partial charge in [0.2, 0.25) is 0 Å². The Morgan fingerprint density at radius 1 is 1.14 bits per heavy atom. The molecule has 1 amide bonds. The number of amides is 1. The Bertz CT molecular complexity index is 876. The van der Waals surface area contributed by atoms with E-state index in [1.165, 1.54) is 0 Å². The van der Waals surface area contributed by atoms with Crippen molar-refractivity contribution in [2.75, 3.05) is 43.4 Å². The van der Waals surface area contributed by atoms with Crippen LogP contribution in [0.25, 0.3) is 0 Å². The first-order valence-electron chi connectivity index (χ1n) is 8.86. The van der Waals surface area contributed by atoms with Gasteiger partial charge < -0.3 is 20.9 Å². The Kier molecular flexibility index (Phi) is 6.50. The second kappa shape index (κ2) is 8.69. The zero-order chi connectivity index (χ0) is 20.4. The second-order valence-corrected chi connectivity index (χ2v) is 7.75. The van der Waals surface area contributed by atoms with E-state index in [2.05, 4.69) is 32.1 Å². The van der Waals surface area contributed by atoms with Gasteiger partial charge in [0.25, 0.3) is 5.91 Å². The maximum Gasteiger partial charge on any atom is 0.271 e. The third-order valence-electron chi connectivity index (χ3n) is 4.59. The molecule has 7 nitrogen and oxygen atoms in total. The molecule has 0 unspecified atom stereocenters. The van der Waals surface area contributed by atoms with Gasteiger partial charge in [0.15, 0.2) is 16.7 Å². The summed E-state index contributed by atoms with van der Waals surface area (Å²) in [6, 6.07) is 3.46. The van der Waals surface area contributed by atoms with Crippen molar-refractivity contribution < 1.29 is 4.79 Å². The molecule has 28 heavy (non-hydrogen) atoms. The van der Waals surface area contributed by atoms with Crippen molar-refractivity contribution in [1.82, 2.24) is 14.9 Å². The quantitative estimate of drug-likeness (QED) is 0.734. The number of nitrogens with one attached hydrogen (secondary N) is 1. The van der Waals surface area contributed by atoms with Crippen molar-refractivity contribution in [3.8, 4) is 0 Å². The molecule has 0 aliphatic carbocycles. The average Bonchev–Trinajstić information content (AvgIpc) is 2.62. The summed E-state index contributed by atoms with van der Waals surface area (Å²) in [6.45, 7) is 5.42. The highest BCUT2D eigenvalue weighted by Crippen LogP contribution is 2.38. The lowest BCUT2D eigenvalue weighted by Gasteiger charge is -2.35. The summed E-state index contributed by atoms with van der Waals surface area (Å²) in [6.07, 6.45) is 0.532. The number of aryl methyl sites for hydroxylation is 1. The van der Waals surface area contributed by atoms with Crippen LogP contribution in [-0.4, -0.2) is 54.0 Å². The molecule has 1 aromatic heterocycles. The molecule has 0 saturated carbocycles. The highest BCUT2D eigenvalue weighted by Gasteiger charge is 2.21. The minimum Gasteiger partial charge on any atom is -0.367 e. The zero-order valence-corrected chi connectivity index (χ0v) is 17.9. The maximum atomic E-state index is 11.8. The second-order valence-electron chi connectivity index (χ2n) is 6.58. The van der Waals surface area contributed by atoms with Crippen LogP contribution in [0.2, 0.25) is 15.2 Å². The number of carbonyl (C=O) groups excluding carboxylic acids is 1. The molecule has 2 heterocycles. The van der Waals surface area contributed by atoms with Crippen LogP contribution in [0.5, 0.6) is 0 Å². The Morgan fingerprint density at radius 3 is 2.29 bits per heavy atom. The first-order valence-corrected chi connectivity index (χ1v) is 9.99. The number of carbonyl (C=O) groups is 1. The van der Waals surface area contributed by atoms with Gasteiger partial charge >= 0.3 is 0 Å². The predicted molar refractivity (Wildman–Crippen MR) is 114 cm³/mol. The van der Waals surface area contributed by atoms with Gasteiger partial charge in [-0.05, 0) is 25.6 Å². The van der Waals surface area contributed by atoms with Gasteiger partial charge in [-0.2, -0.15) is 0 Å². The van der Waals surface area contributed by atoms with Crippen LogP contribution in [0.1, 0.15) is 23.1 Å². The number of anilines is 3. The molecule has 1 aliphatic heterocycles. The standard InChI is InChI=1S/C18H21Cl3N6O/c1-3-13-16(21)25-18(14(24-13)17(22)28)23-10-8-11(19)15(12(20)9-10)27-6-4-26(2)5-7-27/h8-9H,3-7H2,1-2H3,(H2,22,28)(H,23,25). The Hall–Kier alpha value is -1.80. The van der Waals surface area contributed by atoms with Crippen LogP contribution in [0, 0.1) is 0 Å². The fourth-order valence-electron chi connectivity index (χ4n) is 3.04. The smallest absolute Gasteiger partial charge is 0.271 e. The lowest BCUT2D eigenvalue weighted by molar-refractivity contribution is 0.0996. The fraction of sp³-hybridized carbons (Fsp3) is 0.389. The lowest BCUT2D eigenvalue weighted by atomic mass is 10.2. The summed E-state index contributed by atoms with van der Waals surface area (Å²) < 4.78 is 0. The van der Waals surface area contributed by atoms with Crippen molar-refractivity contribution in [3.05, 3.63) is 38.7 Å². The molecule has 0 atom stereocenters. The molecule has 3 rings (SSSR count). The molecular formula is C18H21Cl3N6O. The summed E-state index contributed by atoms with van der Waals surface area (Å²) >= 11 is 19.2. The largest absolute Gasteiger partial charge is 0.367 e. The molecule has 150 valence electrons. The number of benzene rings is 1. The predicted octanol–water partition coefficient (Wildman–Crippen LogP) is 3.59. The first-order chi connectivity index (χ1) is 13.3. The summed E-state index contributed by atoms with van der Waals surface area (Å²) in [7, 11) is 2.08. The highest BCUT2D eigenvalue weighted by atomic mass is 35.5. The Labute approximate surface area is 178 Å². The fourth-order valence-corrected chi connectivity index (χ4v) is 4.03. The number of rotatable bonds is 5. The van der Waals surface area contributed by atoms with Crippen LogP contribution in [0.4, 0.5) is 17.2 Å². The van der Waals surface area contributed by atoms with Crippen molar-refractivity contribution in [3.63, 3.8) is 0 Å². The highest BCUT2D eigenvalue weighted by molar-refractivity contribution is 6.39. The number of primary amides is 1. The van der Waals surface area contributed by atoms with Crippen LogP contribution >= 0.6 is 34.8 Å². The normalized spacial score (nSPS) is 15.0. The number of hydrogen-bond donors (Lipinski definition) is 2. The van der Waals surface area contributed by atoms with Gasteiger partial charge in [-0.15, -0.1) is 0 Å². The number of nitrogens with two attached hydrogens (primary N) is 1. The first kappa shape index (κ1) is 20.9. The minimum atomic E-state index is -0.701. The number of piperazine rings is 1. The molecule has 2 aromatic rings. The number of likely N-dealkylation sites (N-methyl/N-ethyl adjacent to an activating group) is 1. The topological polar surface area (TPSA) is 87.4 Å². The summed E-state index contributed by atoms with van der Waals surface area (Å²) in [5, 5.41) is 4.23. The van der Waals surface area contributed by atoms with Crippen molar-refractivity contribution in [2.24, 2.45) is 5.73 Å². The number of hydrogen-bond acceptors (Lipinski definition) is 6. The van der Waals surface area contributed by atoms with Gasteiger partial charge in [-0.25, -0.2) is 9.97 Å². The van der Waals surface area contributed by atoms with E-state index in [-0.39, 0.29) is 16.7 Å². The Balaban J connectivity index is 1.92. The monoisotopic (exact) mass is 442 g/mol. The molecule has 0 spiro atoms. The van der Waals surface area contributed by atoms with Crippen LogP contribution < -0.4 is 16.0 Å². The van der Waals surface area contributed by atoms with E-state index in [1.54, 1.807) is 12.1 Å². The SMILES string of the molecule is CCc1nc(C(N)=O)c(Nc2cc(Cl)c(N3CCN(C)CC3)c(Cl)c2)nc1Cl. The van der Waals surface area contributed by atoms with Crippen molar-refractivity contribution in [2.45, 2.75) is 13.3 Å². The van der Waals surface area contributed by atoms with Crippen LogP contribution in [0.3, 0.4) is 0 Å². The Morgan fingerprint density at radius 2 is 1.75 bits per heavy atom. The number of aromatic nitrogens is 2. The molecule has 0 radical (unpaired) electrons. The number of nitrogens with zero attached hydrogens (tertiary/aromatic N) is 4. The molecule has 1 saturated heterocycles. The number of halogens is 3. The average molecular weight is 444 g/mol. The van der Waals surface area contributed by atoms with E-state index in [0.717, 1.165) is 31.9 Å². The summed E-state index contributed by atoms with van der Waals surface area (Å²) in [5.74, 6) is -0.540. The van der Waals surface area contributed by atoms with Gasteiger partial charge in [0, 0.05) is 31.9 Å². The molecule has 3 N–H and O–H groups in total. The van der Waals surface area contributed by atoms with E-state index in [4.69, 9.17) is 40.5 Å². The molecule has 1 fully saturated rings. The van der Waals surface area contributed by atoms with E-state index in [9.17, 15) is 4.79 Å². The molecule has 1 aliphatic rings. The summed E-state index contributed by atoms with van der Waals surface area (Å²) in [4.78, 5) is 24.6. The lowest BCUT2D eigenvalue weighted by Crippen LogP contribution is -2.44.